The van der Waals surface area contributed by atoms with Crippen molar-refractivity contribution in [2.24, 2.45) is 11.7 Å². The molecule has 1 spiro atoms. The van der Waals surface area contributed by atoms with Crippen LogP contribution in [0.25, 0.3) is 21.9 Å². The summed E-state index contributed by atoms with van der Waals surface area (Å²) in [7, 11) is 0. The standard InChI is InChI=1S/C26H28N2OS/c27-24-11-12-30-26(16-24)14-23(15-26)25(29)28-17-18-5-7-20(8-6-18)22-10-9-19-3-1-2-4-21(19)13-22/h1-10,13,23-24H,11-12,14-17,27H2,(H,28,29). The van der Waals surface area contributed by atoms with Gasteiger partial charge in [-0.3, -0.25) is 4.79 Å². The van der Waals surface area contributed by atoms with Gasteiger partial charge in [-0.15, -0.1) is 0 Å². The summed E-state index contributed by atoms with van der Waals surface area (Å²) in [6.07, 6.45) is 4.15. The topological polar surface area (TPSA) is 55.1 Å². The Hall–Kier alpha value is -2.30. The molecule has 1 amide bonds. The van der Waals surface area contributed by atoms with Gasteiger partial charge < -0.3 is 11.1 Å². The minimum Gasteiger partial charge on any atom is -0.352 e. The molecule has 3 nitrogen and oxygen atoms in total. The molecule has 1 saturated heterocycles. The number of carbonyl (C=O) groups is 1. The first-order valence-corrected chi connectivity index (χ1v) is 11.8. The number of rotatable bonds is 4. The molecule has 1 saturated carbocycles. The van der Waals surface area contributed by atoms with Gasteiger partial charge >= 0.3 is 0 Å². The maximum Gasteiger partial charge on any atom is 0.223 e. The number of hydrogen-bond donors (Lipinski definition) is 2. The second kappa shape index (κ2) is 8.09. The minimum atomic E-state index is 0.152. The Kier molecular flexibility index (Phi) is 5.30. The fourth-order valence-corrected chi connectivity index (χ4v) is 6.71. The average Bonchev–Trinajstić information content (AvgIpc) is 2.76. The SMILES string of the molecule is NC1CCSC2(C1)CC(C(=O)NCc1ccc(-c3ccc4ccccc4c3)cc1)C2. The molecule has 4 heteroatoms. The van der Waals surface area contributed by atoms with E-state index < -0.39 is 0 Å². The molecule has 1 unspecified atom stereocenters. The zero-order valence-corrected chi connectivity index (χ0v) is 18.0. The monoisotopic (exact) mass is 416 g/mol. The highest BCUT2D eigenvalue weighted by molar-refractivity contribution is 8.00. The van der Waals surface area contributed by atoms with Gasteiger partial charge in [0.2, 0.25) is 5.91 Å². The molecule has 3 N–H and O–H groups in total. The van der Waals surface area contributed by atoms with Crippen LogP contribution in [-0.4, -0.2) is 22.4 Å². The molecule has 0 radical (unpaired) electrons. The van der Waals surface area contributed by atoms with Crippen LogP contribution in [0.15, 0.2) is 66.7 Å². The van der Waals surface area contributed by atoms with Gasteiger partial charge in [0.1, 0.15) is 0 Å². The Labute approximate surface area is 182 Å². The van der Waals surface area contributed by atoms with E-state index in [0.29, 0.717) is 12.6 Å². The van der Waals surface area contributed by atoms with Crippen molar-refractivity contribution in [2.45, 2.75) is 43.0 Å². The van der Waals surface area contributed by atoms with E-state index in [4.69, 9.17) is 5.73 Å². The van der Waals surface area contributed by atoms with Crippen molar-refractivity contribution in [3.8, 4) is 11.1 Å². The molecule has 1 aliphatic heterocycles. The van der Waals surface area contributed by atoms with E-state index in [1.807, 2.05) is 11.8 Å². The Bertz CT molecular complexity index is 1060. The molecule has 30 heavy (non-hydrogen) atoms. The largest absolute Gasteiger partial charge is 0.352 e. The first-order chi connectivity index (χ1) is 14.6. The van der Waals surface area contributed by atoms with Crippen LogP contribution in [-0.2, 0) is 11.3 Å². The van der Waals surface area contributed by atoms with Gasteiger partial charge in [0.25, 0.3) is 0 Å². The average molecular weight is 417 g/mol. The summed E-state index contributed by atoms with van der Waals surface area (Å²) in [4.78, 5) is 12.6. The molecule has 1 atom stereocenters. The Morgan fingerprint density at radius 1 is 0.967 bits per heavy atom. The highest BCUT2D eigenvalue weighted by Gasteiger charge is 2.49. The molecule has 1 aliphatic carbocycles. The predicted octanol–water partition coefficient (Wildman–Crippen LogP) is 5.13. The lowest BCUT2D eigenvalue weighted by Gasteiger charge is -2.50. The lowest BCUT2D eigenvalue weighted by atomic mass is 9.70. The molecule has 2 fully saturated rings. The van der Waals surface area contributed by atoms with Gasteiger partial charge in [0.05, 0.1) is 0 Å². The normalized spacial score (nSPS) is 25.8. The Balaban J connectivity index is 1.17. The van der Waals surface area contributed by atoms with Crippen LogP contribution in [0.3, 0.4) is 0 Å². The zero-order chi connectivity index (χ0) is 20.6. The maximum atomic E-state index is 12.6. The number of nitrogens with two attached hydrogens (primary N) is 1. The number of benzene rings is 3. The number of fused-ring (bicyclic) bond motifs is 1. The number of thioether (sulfide) groups is 1. The van der Waals surface area contributed by atoms with Crippen molar-refractivity contribution < 1.29 is 4.79 Å². The molecule has 154 valence electrons. The van der Waals surface area contributed by atoms with Crippen molar-refractivity contribution in [1.29, 1.82) is 0 Å². The van der Waals surface area contributed by atoms with Crippen LogP contribution in [0.5, 0.6) is 0 Å². The Morgan fingerprint density at radius 3 is 2.47 bits per heavy atom. The number of carbonyl (C=O) groups excluding carboxylic acids is 1. The van der Waals surface area contributed by atoms with Crippen molar-refractivity contribution in [3.63, 3.8) is 0 Å². The van der Waals surface area contributed by atoms with Crippen LogP contribution < -0.4 is 11.1 Å². The quantitative estimate of drug-likeness (QED) is 0.620. The molecule has 3 aromatic carbocycles. The zero-order valence-electron chi connectivity index (χ0n) is 17.1. The second-order valence-corrected chi connectivity index (χ2v) is 10.4. The molecule has 5 rings (SSSR count). The maximum absolute atomic E-state index is 12.6. The van der Waals surface area contributed by atoms with Crippen LogP contribution in [0.4, 0.5) is 0 Å². The third-order valence-corrected chi connectivity index (χ3v) is 8.19. The van der Waals surface area contributed by atoms with Gasteiger partial charge in [-0.25, -0.2) is 0 Å². The van der Waals surface area contributed by atoms with E-state index in [1.165, 1.54) is 21.9 Å². The molecule has 0 aromatic heterocycles. The lowest BCUT2D eigenvalue weighted by Crippen LogP contribution is -2.52. The lowest BCUT2D eigenvalue weighted by molar-refractivity contribution is -0.128. The minimum absolute atomic E-state index is 0.152. The fraction of sp³-hybridized carbons (Fsp3) is 0.346. The molecule has 3 aromatic rings. The second-order valence-electron chi connectivity index (χ2n) is 8.87. The fourth-order valence-electron chi connectivity index (χ4n) is 4.89. The van der Waals surface area contributed by atoms with E-state index in [1.54, 1.807) is 0 Å². The van der Waals surface area contributed by atoms with Crippen LogP contribution in [0.1, 0.15) is 31.2 Å². The van der Waals surface area contributed by atoms with Crippen molar-refractivity contribution in [3.05, 3.63) is 72.3 Å². The van der Waals surface area contributed by atoms with Crippen molar-refractivity contribution >= 4 is 28.4 Å². The van der Waals surface area contributed by atoms with Crippen LogP contribution >= 0.6 is 11.8 Å². The first kappa shape index (κ1) is 19.7. The molecule has 1 heterocycles. The third-order valence-electron chi connectivity index (χ3n) is 6.64. The molecular formula is C26H28N2OS. The summed E-state index contributed by atoms with van der Waals surface area (Å²) in [5.41, 5.74) is 9.69. The van der Waals surface area contributed by atoms with Gasteiger partial charge in [-0.1, -0.05) is 60.7 Å². The summed E-state index contributed by atoms with van der Waals surface area (Å²) < 4.78 is 0.279. The van der Waals surface area contributed by atoms with E-state index in [2.05, 4.69) is 72.0 Å². The van der Waals surface area contributed by atoms with Crippen LogP contribution in [0.2, 0.25) is 0 Å². The van der Waals surface area contributed by atoms with E-state index in [0.717, 1.165) is 37.0 Å². The van der Waals surface area contributed by atoms with Gasteiger partial charge in [-0.2, -0.15) is 11.8 Å². The van der Waals surface area contributed by atoms with Gasteiger partial charge in [-0.05, 0) is 65.0 Å². The van der Waals surface area contributed by atoms with E-state index in [-0.39, 0.29) is 16.6 Å². The highest BCUT2D eigenvalue weighted by atomic mass is 32.2. The summed E-state index contributed by atoms with van der Waals surface area (Å²) in [5.74, 6) is 1.48. The summed E-state index contributed by atoms with van der Waals surface area (Å²) in [5, 5.41) is 5.65. The van der Waals surface area contributed by atoms with Crippen LogP contribution in [0, 0.1) is 5.92 Å². The van der Waals surface area contributed by atoms with Gasteiger partial charge in [0.15, 0.2) is 0 Å². The smallest absolute Gasteiger partial charge is 0.223 e. The molecule has 0 bridgehead atoms. The predicted molar refractivity (Wildman–Crippen MR) is 126 cm³/mol. The summed E-state index contributed by atoms with van der Waals surface area (Å²) >= 11 is 2.03. The molecular weight excluding hydrogens is 388 g/mol. The summed E-state index contributed by atoms with van der Waals surface area (Å²) in [6, 6.07) is 23.8. The van der Waals surface area contributed by atoms with Crippen molar-refractivity contribution in [1.82, 2.24) is 5.32 Å². The highest BCUT2D eigenvalue weighted by Crippen LogP contribution is 2.53. The number of amides is 1. The van der Waals surface area contributed by atoms with Crippen molar-refractivity contribution in [2.75, 3.05) is 5.75 Å². The summed E-state index contributed by atoms with van der Waals surface area (Å²) in [6.45, 7) is 0.590. The van der Waals surface area contributed by atoms with E-state index >= 15 is 0 Å². The number of hydrogen-bond acceptors (Lipinski definition) is 3. The first-order valence-electron chi connectivity index (χ1n) is 10.9. The molecule has 2 aliphatic rings. The van der Waals surface area contributed by atoms with E-state index in [9.17, 15) is 4.79 Å². The third kappa shape index (κ3) is 3.99. The number of nitrogens with one attached hydrogen (secondary N) is 1. The Morgan fingerprint density at radius 2 is 1.70 bits per heavy atom. The van der Waals surface area contributed by atoms with Gasteiger partial charge in [0, 0.05) is 23.3 Å².